The zero-order valence-electron chi connectivity index (χ0n) is 15.0. The molecule has 1 aromatic heterocycles. The van der Waals surface area contributed by atoms with Gasteiger partial charge in [-0.25, -0.2) is 0 Å². The molecule has 0 saturated carbocycles. The van der Waals surface area contributed by atoms with Gasteiger partial charge >= 0.3 is 0 Å². The molecule has 0 bridgehead atoms. The van der Waals surface area contributed by atoms with Crippen molar-refractivity contribution in [3.8, 4) is 11.3 Å². The molecule has 2 heteroatoms. The van der Waals surface area contributed by atoms with Crippen LogP contribution >= 0.6 is 0 Å². The fourth-order valence-corrected chi connectivity index (χ4v) is 3.27. The highest BCUT2D eigenvalue weighted by Gasteiger charge is 2.08. The standard InChI is InChI=1S/C24H20N2/c1-18-22-11-7-6-10-20(22)12-14-23(18)24-15-13-21(17-26(24)2)25-16-19-8-4-3-5-9-19/h3-16H,1-2H3. The van der Waals surface area contributed by atoms with Gasteiger partial charge in [-0.05, 0) is 34.4 Å². The maximum atomic E-state index is 4.54. The predicted molar refractivity (Wildman–Crippen MR) is 108 cm³/mol. The summed E-state index contributed by atoms with van der Waals surface area (Å²) >= 11 is 0. The van der Waals surface area contributed by atoms with Crippen LogP contribution in [-0.2, 0) is 7.05 Å². The summed E-state index contributed by atoms with van der Waals surface area (Å²) in [7, 11) is 2.02. The zero-order chi connectivity index (χ0) is 17.9. The fourth-order valence-electron chi connectivity index (χ4n) is 3.27. The van der Waals surface area contributed by atoms with Crippen molar-refractivity contribution in [3.05, 3.63) is 96.2 Å². The Morgan fingerprint density at radius 2 is 1.62 bits per heavy atom. The third kappa shape index (κ3) is 3.14. The number of fused-ring (bicyclic) bond motifs is 1. The second kappa shape index (κ2) is 6.93. The van der Waals surface area contributed by atoms with E-state index in [1.54, 1.807) is 0 Å². The number of benzene rings is 3. The quantitative estimate of drug-likeness (QED) is 0.278. The fraction of sp³-hybridized carbons (Fsp3) is 0.0833. The van der Waals surface area contributed by atoms with Gasteiger partial charge < -0.3 is 4.57 Å². The Morgan fingerprint density at radius 1 is 0.846 bits per heavy atom. The van der Waals surface area contributed by atoms with E-state index in [1.165, 1.54) is 21.9 Å². The average molecular weight is 336 g/mol. The van der Waals surface area contributed by atoms with Gasteiger partial charge in [0.1, 0.15) is 18.9 Å². The van der Waals surface area contributed by atoms with E-state index in [2.05, 4.69) is 60.6 Å². The third-order valence-corrected chi connectivity index (χ3v) is 4.67. The second-order valence-corrected chi connectivity index (χ2v) is 6.40. The summed E-state index contributed by atoms with van der Waals surface area (Å²) in [5, 5.41) is 2.56. The van der Waals surface area contributed by atoms with Gasteiger partial charge in [0.15, 0.2) is 0 Å². The van der Waals surface area contributed by atoms with Crippen molar-refractivity contribution in [2.24, 2.45) is 12.0 Å². The van der Waals surface area contributed by atoms with E-state index in [-0.39, 0.29) is 0 Å². The van der Waals surface area contributed by atoms with Crippen molar-refractivity contribution < 1.29 is 4.57 Å². The van der Waals surface area contributed by atoms with Gasteiger partial charge in [0.05, 0.1) is 0 Å². The number of aliphatic imine (C=N–C) groups is 1. The van der Waals surface area contributed by atoms with Crippen molar-refractivity contribution in [3.63, 3.8) is 0 Å². The lowest BCUT2D eigenvalue weighted by atomic mass is 9.97. The highest BCUT2D eigenvalue weighted by molar-refractivity contribution is 5.90. The van der Waals surface area contributed by atoms with Crippen LogP contribution in [0.1, 0.15) is 11.1 Å². The van der Waals surface area contributed by atoms with Crippen LogP contribution < -0.4 is 4.57 Å². The molecular formula is C24H20N2. The van der Waals surface area contributed by atoms with Gasteiger partial charge in [-0.3, -0.25) is 4.99 Å². The number of nitrogens with zero attached hydrogens (tertiary/aromatic N) is 2. The van der Waals surface area contributed by atoms with Crippen LogP contribution in [0.3, 0.4) is 0 Å². The van der Waals surface area contributed by atoms with Crippen molar-refractivity contribution >= 4 is 22.7 Å². The molecule has 0 radical (unpaired) electrons. The van der Waals surface area contributed by atoms with Crippen LogP contribution in [0, 0.1) is 13.1 Å². The molecule has 26 heavy (non-hydrogen) atoms. The highest BCUT2D eigenvalue weighted by Crippen LogP contribution is 2.28. The molecule has 0 aliphatic carbocycles. The predicted octanol–water partition coefficient (Wildman–Crippen LogP) is 5.19. The molecule has 0 unspecified atom stereocenters. The zero-order valence-corrected chi connectivity index (χ0v) is 15.0. The number of aromatic nitrogens is 1. The van der Waals surface area contributed by atoms with E-state index in [0.29, 0.717) is 0 Å². The van der Waals surface area contributed by atoms with Gasteiger partial charge in [0, 0.05) is 11.9 Å². The first kappa shape index (κ1) is 16.2. The number of hydrogen-bond acceptors (Lipinski definition) is 1. The molecule has 126 valence electrons. The summed E-state index contributed by atoms with van der Waals surface area (Å²) in [6, 6.07) is 27.1. The van der Waals surface area contributed by atoms with Crippen LogP contribution in [0.4, 0.5) is 5.69 Å². The summed E-state index contributed by atoms with van der Waals surface area (Å²) in [5.41, 5.74) is 5.54. The first-order chi connectivity index (χ1) is 12.7. The van der Waals surface area contributed by atoms with Crippen molar-refractivity contribution in [2.75, 3.05) is 0 Å². The van der Waals surface area contributed by atoms with Crippen LogP contribution in [0.2, 0.25) is 0 Å². The summed E-state index contributed by atoms with van der Waals surface area (Å²) in [6.45, 7) is 2.18. The monoisotopic (exact) mass is 336 g/mol. The molecule has 0 atom stereocenters. The SMILES string of the molecule is Cc1c(-c2ccc(N=Cc3ccccc3)[c-][n+]2C)ccc2ccccc12. The van der Waals surface area contributed by atoms with E-state index in [1.807, 2.05) is 54.2 Å². The van der Waals surface area contributed by atoms with Crippen LogP contribution in [0.15, 0.2) is 83.9 Å². The Bertz CT molecular complexity index is 1100. The number of pyridine rings is 1. The summed E-state index contributed by atoms with van der Waals surface area (Å²) < 4.78 is 2.02. The van der Waals surface area contributed by atoms with Crippen molar-refractivity contribution in [1.29, 1.82) is 0 Å². The second-order valence-electron chi connectivity index (χ2n) is 6.40. The van der Waals surface area contributed by atoms with Crippen LogP contribution in [0.25, 0.3) is 22.0 Å². The normalized spacial score (nSPS) is 11.3. The molecule has 0 fully saturated rings. The molecule has 2 nitrogen and oxygen atoms in total. The minimum Gasteiger partial charge on any atom is -0.305 e. The smallest absolute Gasteiger partial charge is 0.141 e. The molecule has 0 aliphatic heterocycles. The van der Waals surface area contributed by atoms with E-state index in [4.69, 9.17) is 0 Å². The van der Waals surface area contributed by atoms with Gasteiger partial charge in [0.2, 0.25) is 0 Å². The van der Waals surface area contributed by atoms with Gasteiger partial charge in [-0.15, -0.1) is 6.07 Å². The first-order valence-corrected chi connectivity index (χ1v) is 8.72. The van der Waals surface area contributed by atoms with E-state index in [0.717, 1.165) is 16.9 Å². The Labute approximate surface area is 154 Å². The molecule has 0 N–H and O–H groups in total. The molecule has 0 amide bonds. The largest absolute Gasteiger partial charge is 0.305 e. The molecule has 0 saturated heterocycles. The molecule has 4 aromatic rings. The molecule has 3 aromatic carbocycles. The van der Waals surface area contributed by atoms with Gasteiger partial charge in [-0.1, -0.05) is 72.8 Å². The number of aryl methyl sites for hydroxylation is 2. The van der Waals surface area contributed by atoms with Gasteiger partial charge in [-0.2, -0.15) is 0 Å². The lowest BCUT2D eigenvalue weighted by Gasteiger charge is -2.13. The summed E-state index contributed by atoms with van der Waals surface area (Å²) in [4.78, 5) is 4.54. The van der Waals surface area contributed by atoms with E-state index < -0.39 is 0 Å². The van der Waals surface area contributed by atoms with Crippen molar-refractivity contribution in [2.45, 2.75) is 6.92 Å². The molecule has 0 aliphatic rings. The Balaban J connectivity index is 1.71. The van der Waals surface area contributed by atoms with E-state index in [9.17, 15) is 0 Å². The Kier molecular flexibility index (Phi) is 4.32. The molecular weight excluding hydrogens is 316 g/mol. The minimum absolute atomic E-state index is 0.818. The average Bonchev–Trinajstić information content (AvgIpc) is 2.68. The Hall–Kier alpha value is -3.26. The molecule has 0 spiro atoms. The topological polar surface area (TPSA) is 16.2 Å². The van der Waals surface area contributed by atoms with Crippen molar-refractivity contribution in [1.82, 2.24) is 0 Å². The highest BCUT2D eigenvalue weighted by atomic mass is 14.9. The molecule has 4 rings (SSSR count). The molecule has 1 heterocycles. The maximum absolute atomic E-state index is 4.54. The number of hydrogen-bond donors (Lipinski definition) is 0. The minimum atomic E-state index is 0.818. The van der Waals surface area contributed by atoms with Crippen LogP contribution in [0.5, 0.6) is 0 Å². The summed E-state index contributed by atoms with van der Waals surface area (Å²) in [6.07, 6.45) is 5.21. The van der Waals surface area contributed by atoms with E-state index >= 15 is 0 Å². The number of rotatable bonds is 3. The van der Waals surface area contributed by atoms with Gasteiger partial charge in [0.25, 0.3) is 0 Å². The first-order valence-electron chi connectivity index (χ1n) is 8.72. The lowest BCUT2D eigenvalue weighted by Crippen LogP contribution is -2.31. The third-order valence-electron chi connectivity index (χ3n) is 4.67. The Morgan fingerprint density at radius 3 is 2.42 bits per heavy atom. The van der Waals surface area contributed by atoms with Crippen LogP contribution in [-0.4, -0.2) is 6.21 Å². The summed E-state index contributed by atoms with van der Waals surface area (Å²) in [5.74, 6) is 0. The lowest BCUT2D eigenvalue weighted by molar-refractivity contribution is -0.663. The maximum Gasteiger partial charge on any atom is 0.141 e.